The fourth-order valence-corrected chi connectivity index (χ4v) is 2.95. The maximum atomic E-state index is 12.2. The van der Waals surface area contributed by atoms with Gasteiger partial charge in [-0.05, 0) is 43.2 Å². The van der Waals surface area contributed by atoms with Crippen LogP contribution in [0.2, 0.25) is 10.0 Å². The lowest BCUT2D eigenvalue weighted by atomic mass is 9.76. The Morgan fingerprint density at radius 3 is 2.50 bits per heavy atom. The molecule has 110 valence electrons. The smallest absolute Gasteiger partial charge is 0.340 e. The van der Waals surface area contributed by atoms with Gasteiger partial charge in [0.1, 0.15) is 6.10 Å². The van der Waals surface area contributed by atoms with Crippen LogP contribution in [0.3, 0.4) is 0 Å². The molecule has 0 unspecified atom stereocenters. The van der Waals surface area contributed by atoms with Gasteiger partial charge in [-0.1, -0.05) is 37.0 Å². The third kappa shape index (κ3) is 3.58. The average molecular weight is 316 g/mol. The Bertz CT molecular complexity index is 519. The lowest BCUT2D eigenvalue weighted by molar-refractivity contribution is 0.00962. The van der Waals surface area contributed by atoms with Gasteiger partial charge in [0.2, 0.25) is 0 Å². The number of nitrogens with two attached hydrogens (primary N) is 1. The number of carbonyl (C=O) groups is 1. The largest absolute Gasteiger partial charge is 0.459 e. The van der Waals surface area contributed by atoms with E-state index in [0.29, 0.717) is 10.4 Å². The summed E-state index contributed by atoms with van der Waals surface area (Å²) >= 11 is 11.8. The zero-order chi connectivity index (χ0) is 14.9. The number of hydrogen-bond acceptors (Lipinski definition) is 3. The molecule has 0 spiro atoms. The number of rotatable bonds is 2. The summed E-state index contributed by atoms with van der Waals surface area (Å²) in [4.78, 5) is 12.2. The van der Waals surface area contributed by atoms with Crippen LogP contribution in [0, 0.1) is 5.41 Å². The number of carbonyl (C=O) groups excluding carboxylic acids is 1. The van der Waals surface area contributed by atoms with Gasteiger partial charge in [-0.25, -0.2) is 4.79 Å². The first-order valence-corrected chi connectivity index (χ1v) is 7.49. The van der Waals surface area contributed by atoms with Gasteiger partial charge in [-0.2, -0.15) is 0 Å². The molecule has 20 heavy (non-hydrogen) atoms. The molecule has 1 aliphatic rings. The van der Waals surface area contributed by atoms with E-state index < -0.39 is 5.97 Å². The highest BCUT2D eigenvalue weighted by atomic mass is 35.5. The normalized spacial score (nSPS) is 18.8. The van der Waals surface area contributed by atoms with Gasteiger partial charge < -0.3 is 10.5 Å². The van der Waals surface area contributed by atoms with Gasteiger partial charge in [0, 0.05) is 5.02 Å². The van der Waals surface area contributed by atoms with Crippen molar-refractivity contribution in [2.24, 2.45) is 5.41 Å². The summed E-state index contributed by atoms with van der Waals surface area (Å²) in [5.41, 5.74) is 6.61. The molecule has 0 aliphatic heterocycles. The van der Waals surface area contributed by atoms with Crippen molar-refractivity contribution in [3.8, 4) is 0 Å². The maximum Gasteiger partial charge on any atom is 0.340 e. The number of nitrogen functional groups attached to an aromatic ring is 1. The van der Waals surface area contributed by atoms with E-state index in [0.717, 1.165) is 25.7 Å². The second kappa shape index (κ2) is 5.82. The van der Waals surface area contributed by atoms with Crippen molar-refractivity contribution < 1.29 is 9.53 Å². The molecule has 3 nitrogen and oxygen atoms in total. The highest BCUT2D eigenvalue weighted by molar-refractivity contribution is 6.37. The molecule has 1 fully saturated rings. The van der Waals surface area contributed by atoms with Crippen LogP contribution < -0.4 is 5.73 Å². The van der Waals surface area contributed by atoms with E-state index in [1.165, 1.54) is 12.1 Å². The number of anilines is 1. The second-order valence-electron chi connectivity index (χ2n) is 6.12. The van der Waals surface area contributed by atoms with Gasteiger partial charge in [-0.15, -0.1) is 0 Å². The number of halogens is 2. The molecule has 0 atom stereocenters. The zero-order valence-electron chi connectivity index (χ0n) is 11.7. The van der Waals surface area contributed by atoms with Crippen molar-refractivity contribution >= 4 is 34.9 Å². The Labute approximate surface area is 129 Å². The molecule has 0 amide bonds. The Morgan fingerprint density at radius 1 is 1.30 bits per heavy atom. The van der Waals surface area contributed by atoms with Gasteiger partial charge in [0.05, 0.1) is 16.3 Å². The summed E-state index contributed by atoms with van der Waals surface area (Å²) in [7, 11) is 0. The fraction of sp³-hybridized carbons (Fsp3) is 0.533. The molecule has 0 radical (unpaired) electrons. The van der Waals surface area contributed by atoms with Crippen molar-refractivity contribution in [2.45, 2.75) is 45.6 Å². The Balaban J connectivity index is 2.06. The summed E-state index contributed by atoms with van der Waals surface area (Å²) in [6.07, 6.45) is 3.82. The molecule has 5 heteroatoms. The van der Waals surface area contributed by atoms with Crippen LogP contribution in [0.5, 0.6) is 0 Å². The topological polar surface area (TPSA) is 52.3 Å². The zero-order valence-corrected chi connectivity index (χ0v) is 13.2. The van der Waals surface area contributed by atoms with Crippen LogP contribution in [-0.4, -0.2) is 12.1 Å². The molecule has 0 saturated heterocycles. The SMILES string of the molecule is CC1(C)CCC(OC(=O)c2cc(Cl)cc(Cl)c2N)CC1. The Morgan fingerprint density at radius 2 is 1.90 bits per heavy atom. The number of hydrogen-bond donors (Lipinski definition) is 1. The summed E-state index contributed by atoms with van der Waals surface area (Å²) in [5, 5.41) is 0.648. The molecule has 0 heterocycles. The Hall–Kier alpha value is -0.930. The molecule has 1 aliphatic carbocycles. The van der Waals surface area contributed by atoms with E-state index in [9.17, 15) is 4.79 Å². The quantitative estimate of drug-likeness (QED) is 0.635. The summed E-state index contributed by atoms with van der Waals surface area (Å²) in [6.45, 7) is 4.47. The third-order valence-corrected chi connectivity index (χ3v) is 4.41. The lowest BCUT2D eigenvalue weighted by Gasteiger charge is -2.33. The van der Waals surface area contributed by atoms with E-state index in [2.05, 4.69) is 13.8 Å². The predicted octanol–water partition coefficient (Wildman–Crippen LogP) is 4.70. The van der Waals surface area contributed by atoms with E-state index in [1.54, 1.807) is 0 Å². The molecule has 2 rings (SSSR count). The van der Waals surface area contributed by atoms with E-state index >= 15 is 0 Å². The van der Waals surface area contributed by atoms with E-state index in [1.807, 2.05) is 0 Å². The number of esters is 1. The molecule has 1 saturated carbocycles. The van der Waals surface area contributed by atoms with Crippen LogP contribution in [-0.2, 0) is 4.74 Å². The monoisotopic (exact) mass is 315 g/mol. The van der Waals surface area contributed by atoms with E-state index in [-0.39, 0.29) is 22.4 Å². The first-order valence-electron chi connectivity index (χ1n) is 6.74. The van der Waals surface area contributed by atoms with Crippen LogP contribution in [0.25, 0.3) is 0 Å². The lowest BCUT2D eigenvalue weighted by Crippen LogP contribution is -2.28. The van der Waals surface area contributed by atoms with Crippen LogP contribution in [0.4, 0.5) is 5.69 Å². The highest BCUT2D eigenvalue weighted by Crippen LogP contribution is 2.37. The first-order chi connectivity index (χ1) is 9.28. The van der Waals surface area contributed by atoms with Crippen molar-refractivity contribution in [2.75, 3.05) is 5.73 Å². The van der Waals surface area contributed by atoms with Gasteiger partial charge >= 0.3 is 5.97 Å². The van der Waals surface area contributed by atoms with Crippen LogP contribution in [0.1, 0.15) is 49.9 Å². The molecule has 1 aromatic rings. The van der Waals surface area contributed by atoms with Crippen molar-refractivity contribution in [1.29, 1.82) is 0 Å². The molecular formula is C15H19Cl2NO2. The highest BCUT2D eigenvalue weighted by Gasteiger charge is 2.29. The molecule has 2 N–H and O–H groups in total. The van der Waals surface area contributed by atoms with Gasteiger partial charge in [0.15, 0.2) is 0 Å². The Kier molecular flexibility index (Phi) is 4.50. The summed E-state index contributed by atoms with van der Waals surface area (Å²) in [6, 6.07) is 3.01. The van der Waals surface area contributed by atoms with Crippen molar-refractivity contribution in [3.63, 3.8) is 0 Å². The minimum atomic E-state index is -0.448. The van der Waals surface area contributed by atoms with Gasteiger partial charge in [-0.3, -0.25) is 0 Å². The molecule has 0 bridgehead atoms. The average Bonchev–Trinajstić information content (AvgIpc) is 2.36. The molecular weight excluding hydrogens is 297 g/mol. The maximum absolute atomic E-state index is 12.2. The fourth-order valence-electron chi connectivity index (χ4n) is 2.46. The summed E-state index contributed by atoms with van der Waals surface area (Å²) in [5.74, 6) is -0.448. The van der Waals surface area contributed by atoms with Crippen molar-refractivity contribution in [3.05, 3.63) is 27.7 Å². The summed E-state index contributed by atoms with van der Waals surface area (Å²) < 4.78 is 5.53. The minimum absolute atomic E-state index is 0.0484. The number of ether oxygens (including phenoxy) is 1. The molecule has 0 aromatic heterocycles. The van der Waals surface area contributed by atoms with Crippen LogP contribution in [0.15, 0.2) is 12.1 Å². The van der Waals surface area contributed by atoms with Crippen molar-refractivity contribution in [1.82, 2.24) is 0 Å². The second-order valence-corrected chi connectivity index (χ2v) is 6.96. The third-order valence-electron chi connectivity index (χ3n) is 3.87. The van der Waals surface area contributed by atoms with E-state index in [4.69, 9.17) is 33.7 Å². The minimum Gasteiger partial charge on any atom is -0.459 e. The molecule has 1 aromatic carbocycles. The number of benzene rings is 1. The van der Waals surface area contributed by atoms with Gasteiger partial charge in [0.25, 0.3) is 0 Å². The first kappa shape index (κ1) is 15.5. The standard InChI is InChI=1S/C15H19Cl2NO2/c1-15(2)5-3-10(4-6-15)20-14(19)11-7-9(16)8-12(17)13(11)18/h7-8,10H,3-6,18H2,1-2H3. The van der Waals surface area contributed by atoms with Crippen LogP contribution >= 0.6 is 23.2 Å². The predicted molar refractivity (Wildman–Crippen MR) is 82.3 cm³/mol.